The molecule has 2 aromatic rings. The number of nitro groups is 1. The quantitative estimate of drug-likeness (QED) is 0.629. The summed E-state index contributed by atoms with van der Waals surface area (Å²) in [4.78, 5) is 25.2. The minimum atomic E-state index is -0.526. The highest BCUT2D eigenvalue weighted by atomic mass is 32.1. The van der Waals surface area contributed by atoms with E-state index in [4.69, 9.17) is 4.74 Å². The molecular formula is C17H19N3O4S. The molecule has 0 unspecified atom stereocenters. The summed E-state index contributed by atoms with van der Waals surface area (Å²) >= 11 is 1.64. The van der Waals surface area contributed by atoms with Crippen molar-refractivity contribution in [1.82, 2.24) is 4.90 Å². The Hall–Kier alpha value is -2.45. The highest BCUT2D eigenvalue weighted by Gasteiger charge is 2.28. The zero-order valence-electron chi connectivity index (χ0n) is 13.8. The van der Waals surface area contributed by atoms with Crippen molar-refractivity contribution in [1.29, 1.82) is 0 Å². The highest BCUT2D eigenvalue weighted by Crippen LogP contribution is 2.33. The summed E-state index contributed by atoms with van der Waals surface area (Å²) in [6.07, 6.45) is 2.06. The molecule has 1 atom stereocenters. The van der Waals surface area contributed by atoms with Gasteiger partial charge in [-0.3, -0.25) is 19.8 Å². The van der Waals surface area contributed by atoms with Gasteiger partial charge in [-0.1, -0.05) is 0 Å². The summed E-state index contributed by atoms with van der Waals surface area (Å²) in [5, 5.41) is 18.0. The lowest BCUT2D eigenvalue weighted by Gasteiger charge is -2.23. The van der Waals surface area contributed by atoms with E-state index < -0.39 is 4.92 Å². The van der Waals surface area contributed by atoms with E-state index in [0.29, 0.717) is 5.75 Å². The lowest BCUT2D eigenvalue weighted by atomic mass is 10.1. The topological polar surface area (TPSA) is 84.7 Å². The molecule has 0 aliphatic carbocycles. The molecule has 0 radical (unpaired) electrons. The first-order valence-corrected chi connectivity index (χ1v) is 8.91. The zero-order valence-corrected chi connectivity index (χ0v) is 14.6. The largest absolute Gasteiger partial charge is 0.496 e. The van der Waals surface area contributed by atoms with E-state index in [-0.39, 0.29) is 29.9 Å². The zero-order chi connectivity index (χ0) is 17.8. The summed E-state index contributed by atoms with van der Waals surface area (Å²) in [5.74, 6) is 0.122. The maximum absolute atomic E-state index is 12.4. The first kappa shape index (κ1) is 17.4. The number of nitro benzene ring substituents is 1. The number of methoxy groups -OCH3 is 1. The molecule has 1 saturated heterocycles. The van der Waals surface area contributed by atoms with Crippen LogP contribution < -0.4 is 10.1 Å². The van der Waals surface area contributed by atoms with Crippen LogP contribution in [0.3, 0.4) is 0 Å². The van der Waals surface area contributed by atoms with Crippen LogP contribution in [0.1, 0.15) is 24.4 Å². The monoisotopic (exact) mass is 361 g/mol. The average Bonchev–Trinajstić information content (AvgIpc) is 3.26. The smallest absolute Gasteiger partial charge is 0.296 e. The van der Waals surface area contributed by atoms with Gasteiger partial charge in [0.05, 0.1) is 24.6 Å². The molecule has 132 valence electrons. The molecule has 1 aliphatic heterocycles. The molecule has 1 N–H and O–H groups in total. The average molecular weight is 361 g/mol. The van der Waals surface area contributed by atoms with Crippen LogP contribution in [-0.2, 0) is 4.79 Å². The van der Waals surface area contributed by atoms with Crippen molar-refractivity contribution in [3.05, 3.63) is 50.7 Å². The number of hydrogen-bond acceptors (Lipinski definition) is 6. The maximum Gasteiger partial charge on any atom is 0.296 e. The number of nitrogens with zero attached hydrogens (tertiary/aromatic N) is 2. The molecule has 7 nitrogen and oxygen atoms in total. The minimum Gasteiger partial charge on any atom is -0.496 e. The van der Waals surface area contributed by atoms with Crippen molar-refractivity contribution in [2.45, 2.75) is 18.9 Å². The highest BCUT2D eigenvalue weighted by molar-refractivity contribution is 7.07. The van der Waals surface area contributed by atoms with Crippen LogP contribution in [0, 0.1) is 10.1 Å². The molecule has 3 rings (SSSR count). The van der Waals surface area contributed by atoms with Crippen molar-refractivity contribution in [2.75, 3.05) is 25.5 Å². The Morgan fingerprint density at radius 1 is 1.48 bits per heavy atom. The van der Waals surface area contributed by atoms with Crippen LogP contribution in [0.15, 0.2) is 35.0 Å². The van der Waals surface area contributed by atoms with Gasteiger partial charge in [0.2, 0.25) is 5.91 Å². The lowest BCUT2D eigenvalue weighted by molar-refractivity contribution is -0.384. The molecular weight excluding hydrogens is 342 g/mol. The molecule has 1 amide bonds. The Morgan fingerprint density at radius 3 is 3.00 bits per heavy atom. The SMILES string of the molecule is COc1ccc(NC(=O)CN2CCC[C@H]2c2ccsc2)c([N+](=O)[O-])c1. The normalized spacial score (nSPS) is 17.4. The Labute approximate surface area is 149 Å². The maximum atomic E-state index is 12.4. The molecule has 1 aromatic carbocycles. The summed E-state index contributed by atoms with van der Waals surface area (Å²) in [7, 11) is 1.44. The third-order valence-corrected chi connectivity index (χ3v) is 5.02. The van der Waals surface area contributed by atoms with Crippen LogP contribution in [0.4, 0.5) is 11.4 Å². The van der Waals surface area contributed by atoms with Gasteiger partial charge >= 0.3 is 0 Å². The number of anilines is 1. The number of rotatable bonds is 6. The van der Waals surface area contributed by atoms with Gasteiger partial charge in [0.15, 0.2) is 0 Å². The fraction of sp³-hybridized carbons (Fsp3) is 0.353. The molecule has 8 heteroatoms. The van der Waals surface area contributed by atoms with Crippen LogP contribution in [-0.4, -0.2) is 35.9 Å². The number of amides is 1. The second-order valence-electron chi connectivity index (χ2n) is 5.87. The summed E-state index contributed by atoms with van der Waals surface area (Å²) < 4.78 is 5.00. The molecule has 0 spiro atoms. The third-order valence-electron chi connectivity index (χ3n) is 4.31. The van der Waals surface area contributed by atoms with Crippen molar-refractivity contribution in [3.63, 3.8) is 0 Å². The number of carbonyl (C=O) groups is 1. The van der Waals surface area contributed by atoms with Gasteiger partial charge in [-0.2, -0.15) is 11.3 Å². The molecule has 2 heterocycles. The van der Waals surface area contributed by atoms with Gasteiger partial charge < -0.3 is 10.1 Å². The Bertz CT molecular complexity index is 763. The van der Waals surface area contributed by atoms with Crippen molar-refractivity contribution >= 4 is 28.6 Å². The standard InChI is InChI=1S/C17H19N3O4S/c1-24-13-4-5-14(16(9-13)20(22)23)18-17(21)10-19-7-2-3-15(19)12-6-8-25-11-12/h4-6,8-9,11,15H,2-3,7,10H2,1H3,(H,18,21)/t15-/m0/s1. The van der Waals surface area contributed by atoms with Gasteiger partial charge in [-0.05, 0) is 53.9 Å². The third kappa shape index (κ3) is 3.97. The van der Waals surface area contributed by atoms with Crippen LogP contribution in [0.25, 0.3) is 0 Å². The molecule has 0 bridgehead atoms. The number of hydrogen-bond donors (Lipinski definition) is 1. The predicted molar refractivity (Wildman–Crippen MR) is 96.1 cm³/mol. The van der Waals surface area contributed by atoms with Gasteiger partial charge in [0.25, 0.3) is 5.69 Å². The van der Waals surface area contributed by atoms with Gasteiger partial charge in [-0.15, -0.1) is 0 Å². The Kier molecular flexibility index (Phi) is 5.30. The number of nitrogens with one attached hydrogen (secondary N) is 1. The summed E-state index contributed by atoms with van der Waals surface area (Å²) in [6, 6.07) is 6.71. The molecule has 0 saturated carbocycles. The minimum absolute atomic E-state index is 0.177. The number of likely N-dealkylation sites (tertiary alicyclic amines) is 1. The number of carbonyl (C=O) groups excluding carboxylic acids is 1. The van der Waals surface area contributed by atoms with E-state index >= 15 is 0 Å². The molecule has 25 heavy (non-hydrogen) atoms. The summed E-state index contributed by atoms with van der Waals surface area (Å²) in [5.41, 5.74) is 1.23. The van der Waals surface area contributed by atoms with Crippen LogP contribution in [0.5, 0.6) is 5.75 Å². The summed E-state index contributed by atoms with van der Waals surface area (Å²) in [6.45, 7) is 1.06. The van der Waals surface area contributed by atoms with Crippen molar-refractivity contribution < 1.29 is 14.5 Å². The van der Waals surface area contributed by atoms with Crippen molar-refractivity contribution in [3.8, 4) is 5.75 Å². The second-order valence-corrected chi connectivity index (χ2v) is 6.65. The molecule has 1 aromatic heterocycles. The second kappa shape index (κ2) is 7.62. The molecule has 1 aliphatic rings. The van der Waals surface area contributed by atoms with E-state index in [2.05, 4.69) is 21.7 Å². The number of thiophene rings is 1. The van der Waals surface area contributed by atoms with Crippen molar-refractivity contribution in [2.24, 2.45) is 0 Å². The Balaban J connectivity index is 1.69. The fourth-order valence-electron chi connectivity index (χ4n) is 3.13. The lowest BCUT2D eigenvalue weighted by Crippen LogP contribution is -2.32. The van der Waals surface area contributed by atoms with Crippen LogP contribution >= 0.6 is 11.3 Å². The van der Waals surface area contributed by atoms with Crippen LogP contribution in [0.2, 0.25) is 0 Å². The van der Waals surface area contributed by atoms with E-state index in [1.54, 1.807) is 17.4 Å². The van der Waals surface area contributed by atoms with Gasteiger partial charge in [-0.25, -0.2) is 0 Å². The van der Waals surface area contributed by atoms with E-state index in [0.717, 1.165) is 19.4 Å². The van der Waals surface area contributed by atoms with Gasteiger partial charge in [0.1, 0.15) is 11.4 Å². The predicted octanol–water partition coefficient (Wildman–Crippen LogP) is 3.44. The first-order chi connectivity index (χ1) is 12.1. The molecule has 1 fully saturated rings. The fourth-order valence-corrected chi connectivity index (χ4v) is 3.83. The number of ether oxygens (including phenoxy) is 1. The van der Waals surface area contributed by atoms with E-state index in [1.807, 2.05) is 5.38 Å². The van der Waals surface area contributed by atoms with E-state index in [1.165, 1.54) is 24.8 Å². The number of benzene rings is 1. The van der Waals surface area contributed by atoms with Gasteiger partial charge in [0, 0.05) is 6.04 Å². The van der Waals surface area contributed by atoms with E-state index in [9.17, 15) is 14.9 Å². The Morgan fingerprint density at radius 2 is 2.32 bits per heavy atom. The first-order valence-electron chi connectivity index (χ1n) is 7.97.